The molecule has 0 aliphatic carbocycles. The Bertz CT molecular complexity index is 568. The number of thiol groups is 1. The van der Waals surface area contributed by atoms with E-state index in [9.17, 15) is 0 Å². The lowest BCUT2D eigenvalue weighted by Gasteiger charge is -2.11. The average molecular weight is 297 g/mol. The van der Waals surface area contributed by atoms with Crippen molar-refractivity contribution in [1.82, 2.24) is 0 Å². The third-order valence-electron chi connectivity index (χ3n) is 3.48. The minimum absolute atomic E-state index is 0.949. The first kappa shape index (κ1) is 15.7. The molecule has 0 spiro atoms. The summed E-state index contributed by atoms with van der Waals surface area (Å²) in [4.78, 5) is 2.11. The van der Waals surface area contributed by atoms with Crippen molar-refractivity contribution in [3.63, 3.8) is 0 Å². The Hall–Kier alpha value is -1.67. The van der Waals surface area contributed by atoms with Crippen LogP contribution in [-0.2, 0) is 6.42 Å². The third kappa shape index (κ3) is 4.98. The summed E-state index contributed by atoms with van der Waals surface area (Å²) >= 11 is 4.25. The third-order valence-corrected chi connectivity index (χ3v) is 3.80. The maximum atomic E-state index is 4.25. The van der Waals surface area contributed by atoms with Gasteiger partial charge in [0, 0.05) is 19.8 Å². The highest BCUT2D eigenvalue weighted by Gasteiger charge is 1.95. The quantitative estimate of drug-likeness (QED) is 0.593. The molecule has 2 rings (SSSR count). The second-order valence-corrected chi connectivity index (χ2v) is 5.84. The van der Waals surface area contributed by atoms with Gasteiger partial charge in [-0.25, -0.2) is 0 Å². The lowest BCUT2D eigenvalue weighted by atomic mass is 10.1. The van der Waals surface area contributed by atoms with E-state index in [1.165, 1.54) is 22.4 Å². The zero-order valence-corrected chi connectivity index (χ0v) is 13.7. The van der Waals surface area contributed by atoms with E-state index < -0.39 is 0 Å². The lowest BCUT2D eigenvalue weighted by molar-refractivity contribution is 0.936. The Morgan fingerprint density at radius 2 is 1.38 bits per heavy atom. The number of hydrogen-bond acceptors (Lipinski definition) is 2. The van der Waals surface area contributed by atoms with Crippen LogP contribution >= 0.6 is 12.6 Å². The molecule has 0 fully saturated rings. The molecule has 2 heteroatoms. The molecule has 2 aromatic carbocycles. The second kappa shape index (κ2) is 7.94. The summed E-state index contributed by atoms with van der Waals surface area (Å²) in [6.07, 6.45) is 6.56. The van der Waals surface area contributed by atoms with Crippen LogP contribution in [0.25, 0.3) is 12.2 Å². The molecule has 0 heterocycles. The van der Waals surface area contributed by atoms with Gasteiger partial charge in [-0.1, -0.05) is 48.6 Å². The van der Waals surface area contributed by atoms with E-state index in [2.05, 4.69) is 92.3 Å². The van der Waals surface area contributed by atoms with E-state index in [0.29, 0.717) is 0 Å². The Morgan fingerprint density at radius 3 is 1.86 bits per heavy atom. The minimum atomic E-state index is 0.949. The summed E-state index contributed by atoms with van der Waals surface area (Å²) in [5.74, 6) is 0.949. The zero-order valence-electron chi connectivity index (χ0n) is 12.8. The number of benzene rings is 2. The Morgan fingerprint density at radius 1 is 0.857 bits per heavy atom. The van der Waals surface area contributed by atoms with Gasteiger partial charge in [0.15, 0.2) is 0 Å². The van der Waals surface area contributed by atoms with Gasteiger partial charge < -0.3 is 4.90 Å². The van der Waals surface area contributed by atoms with Crippen molar-refractivity contribution in [1.29, 1.82) is 0 Å². The van der Waals surface area contributed by atoms with Crippen LogP contribution in [0.3, 0.4) is 0 Å². The van der Waals surface area contributed by atoms with E-state index in [1.54, 1.807) is 0 Å². The van der Waals surface area contributed by atoms with Gasteiger partial charge in [-0.3, -0.25) is 0 Å². The molecule has 0 bridgehead atoms. The van der Waals surface area contributed by atoms with E-state index >= 15 is 0 Å². The molecule has 110 valence electrons. The minimum Gasteiger partial charge on any atom is -0.378 e. The van der Waals surface area contributed by atoms with Crippen molar-refractivity contribution in [2.45, 2.75) is 12.8 Å². The van der Waals surface area contributed by atoms with Gasteiger partial charge in [-0.15, -0.1) is 0 Å². The monoisotopic (exact) mass is 297 g/mol. The highest BCUT2D eigenvalue weighted by molar-refractivity contribution is 7.80. The normalized spacial score (nSPS) is 11.0. The van der Waals surface area contributed by atoms with Gasteiger partial charge in [0.05, 0.1) is 0 Å². The van der Waals surface area contributed by atoms with Crippen molar-refractivity contribution >= 4 is 30.5 Å². The van der Waals surface area contributed by atoms with Crippen LogP contribution in [0, 0.1) is 0 Å². The molecule has 2 aromatic rings. The van der Waals surface area contributed by atoms with Crippen LogP contribution in [-0.4, -0.2) is 19.8 Å². The Labute approximate surface area is 133 Å². The summed E-state index contributed by atoms with van der Waals surface area (Å²) in [5.41, 5.74) is 5.07. The maximum absolute atomic E-state index is 4.25. The molecule has 0 aliphatic rings. The standard InChI is InChI=1S/C19H23NS/c1-20(2)19-13-11-18(12-14-19)10-9-17-7-5-16(6-8-17)4-3-15-21/h5-14,21H,3-4,15H2,1-2H3/b10-9+. The Balaban J connectivity index is 2.00. The number of rotatable bonds is 6. The van der Waals surface area contributed by atoms with Crippen molar-refractivity contribution < 1.29 is 0 Å². The molecule has 0 radical (unpaired) electrons. The highest BCUT2D eigenvalue weighted by Crippen LogP contribution is 2.15. The van der Waals surface area contributed by atoms with Crippen molar-refractivity contribution in [3.8, 4) is 0 Å². The van der Waals surface area contributed by atoms with Crippen LogP contribution in [0.1, 0.15) is 23.1 Å². The topological polar surface area (TPSA) is 3.24 Å². The molecule has 21 heavy (non-hydrogen) atoms. The molecule has 0 saturated carbocycles. The van der Waals surface area contributed by atoms with Crippen molar-refractivity contribution in [2.24, 2.45) is 0 Å². The van der Waals surface area contributed by atoms with Crippen LogP contribution in [0.2, 0.25) is 0 Å². The van der Waals surface area contributed by atoms with Crippen LogP contribution in [0.4, 0.5) is 5.69 Å². The van der Waals surface area contributed by atoms with E-state index in [4.69, 9.17) is 0 Å². The van der Waals surface area contributed by atoms with Gasteiger partial charge in [-0.2, -0.15) is 12.6 Å². The fourth-order valence-corrected chi connectivity index (χ4v) is 2.31. The predicted molar refractivity (Wildman–Crippen MR) is 98.3 cm³/mol. The molecule has 0 saturated heterocycles. The van der Waals surface area contributed by atoms with Gasteiger partial charge in [0.25, 0.3) is 0 Å². The summed E-state index contributed by atoms with van der Waals surface area (Å²) in [6, 6.07) is 17.3. The largest absolute Gasteiger partial charge is 0.378 e. The summed E-state index contributed by atoms with van der Waals surface area (Å²) in [5, 5.41) is 0. The van der Waals surface area contributed by atoms with E-state index in [0.717, 1.165) is 18.6 Å². The molecule has 0 aliphatic heterocycles. The Kier molecular flexibility index (Phi) is 5.94. The van der Waals surface area contributed by atoms with Gasteiger partial charge >= 0.3 is 0 Å². The molecular formula is C19H23NS. The SMILES string of the molecule is CN(C)c1ccc(/C=C/c2ccc(CCCS)cc2)cc1. The number of anilines is 1. The summed E-state index contributed by atoms with van der Waals surface area (Å²) in [6.45, 7) is 0. The van der Waals surface area contributed by atoms with Crippen LogP contribution in [0.5, 0.6) is 0 Å². The number of aryl methyl sites for hydroxylation is 1. The van der Waals surface area contributed by atoms with Crippen LogP contribution < -0.4 is 4.90 Å². The van der Waals surface area contributed by atoms with E-state index in [1.807, 2.05) is 0 Å². The summed E-state index contributed by atoms with van der Waals surface area (Å²) in [7, 11) is 4.11. The van der Waals surface area contributed by atoms with Crippen LogP contribution in [0.15, 0.2) is 48.5 Å². The van der Waals surface area contributed by atoms with Crippen molar-refractivity contribution in [3.05, 3.63) is 65.2 Å². The maximum Gasteiger partial charge on any atom is 0.0361 e. The number of hydrogen-bond donors (Lipinski definition) is 1. The van der Waals surface area contributed by atoms with Crippen molar-refractivity contribution in [2.75, 3.05) is 24.7 Å². The first-order chi connectivity index (χ1) is 10.2. The molecule has 1 nitrogen and oxygen atoms in total. The molecule has 0 unspecified atom stereocenters. The molecule has 0 amide bonds. The fraction of sp³-hybridized carbons (Fsp3) is 0.263. The van der Waals surface area contributed by atoms with Gasteiger partial charge in [0.1, 0.15) is 0 Å². The first-order valence-corrected chi connectivity index (χ1v) is 7.97. The van der Waals surface area contributed by atoms with Gasteiger partial charge in [-0.05, 0) is 47.4 Å². The van der Waals surface area contributed by atoms with E-state index in [-0.39, 0.29) is 0 Å². The summed E-state index contributed by atoms with van der Waals surface area (Å²) < 4.78 is 0. The lowest BCUT2D eigenvalue weighted by Crippen LogP contribution is -2.07. The first-order valence-electron chi connectivity index (χ1n) is 7.34. The number of nitrogens with zero attached hydrogens (tertiary/aromatic N) is 1. The molecule has 0 N–H and O–H groups in total. The molecule has 0 aromatic heterocycles. The zero-order chi connectivity index (χ0) is 15.1. The molecule has 0 atom stereocenters. The molecular weight excluding hydrogens is 274 g/mol. The van der Waals surface area contributed by atoms with Gasteiger partial charge in [0.2, 0.25) is 0 Å². The second-order valence-electron chi connectivity index (χ2n) is 5.39. The average Bonchev–Trinajstić information content (AvgIpc) is 2.52. The highest BCUT2D eigenvalue weighted by atomic mass is 32.1. The smallest absolute Gasteiger partial charge is 0.0361 e. The predicted octanol–water partition coefficient (Wildman–Crippen LogP) is 4.79. The fourth-order valence-electron chi connectivity index (χ4n) is 2.15.